The predicted molar refractivity (Wildman–Crippen MR) is 114 cm³/mol. The van der Waals surface area contributed by atoms with Gasteiger partial charge < -0.3 is 9.84 Å². The summed E-state index contributed by atoms with van der Waals surface area (Å²) in [6.07, 6.45) is 1.45. The van der Waals surface area contributed by atoms with E-state index in [1.807, 2.05) is 31.2 Å². The summed E-state index contributed by atoms with van der Waals surface area (Å²) in [5.41, 5.74) is 2.04. The van der Waals surface area contributed by atoms with Gasteiger partial charge in [-0.15, -0.1) is 0 Å². The summed E-state index contributed by atoms with van der Waals surface area (Å²) in [6.45, 7) is 6.02. The van der Waals surface area contributed by atoms with E-state index in [9.17, 15) is 14.4 Å². The average Bonchev–Trinajstić information content (AvgIpc) is 2.99. The highest BCUT2D eigenvalue weighted by molar-refractivity contribution is 6.38. The minimum Gasteiger partial charge on any atom is -0.492 e. The van der Waals surface area contributed by atoms with Gasteiger partial charge in [-0.25, -0.2) is 4.90 Å². The molecular weight excluding hydrogens is 382 g/mol. The number of carbonyl (C=O) groups excluding carboxylic acids is 2. The Morgan fingerprint density at radius 2 is 1.67 bits per heavy atom. The molecule has 0 bridgehead atoms. The summed E-state index contributed by atoms with van der Waals surface area (Å²) >= 11 is 0. The van der Waals surface area contributed by atoms with Gasteiger partial charge in [0.05, 0.1) is 29.8 Å². The minimum atomic E-state index is -0.952. The Bertz CT molecular complexity index is 1210. The Balaban J connectivity index is 1.90. The molecule has 0 aliphatic carbocycles. The van der Waals surface area contributed by atoms with E-state index in [-0.39, 0.29) is 17.5 Å². The molecule has 6 heteroatoms. The normalized spacial score (nSPS) is 12.9. The summed E-state index contributed by atoms with van der Waals surface area (Å²) in [7, 11) is 0. The van der Waals surface area contributed by atoms with Crippen molar-refractivity contribution in [3.05, 3.63) is 77.4 Å². The number of carboxylic acids is 1. The van der Waals surface area contributed by atoms with Crippen LogP contribution in [0.15, 0.2) is 55.1 Å². The fourth-order valence-electron chi connectivity index (χ4n) is 3.85. The lowest BCUT2D eigenvalue weighted by Crippen LogP contribution is -2.29. The topological polar surface area (TPSA) is 83.9 Å². The van der Waals surface area contributed by atoms with Crippen LogP contribution in [-0.2, 0) is 11.2 Å². The van der Waals surface area contributed by atoms with E-state index in [1.165, 1.54) is 0 Å². The van der Waals surface area contributed by atoms with Crippen LogP contribution in [0.25, 0.3) is 16.8 Å². The molecule has 150 valence electrons. The van der Waals surface area contributed by atoms with Crippen LogP contribution in [-0.4, -0.2) is 29.5 Å². The number of ether oxygens (including phenoxy) is 1. The standard InChI is InChI=1S/C24H19NO5/c1-3-16-17-7-5-6-8-18(17)22(30-4-2)21-20(16)23(28)25(24(21)29)15-11-9-14(10-12-15)13-19(26)27/h3,5-12H,1,4,13H2,2H3,(H,26,27). The number of anilines is 1. The molecule has 1 aliphatic heterocycles. The van der Waals surface area contributed by atoms with E-state index >= 15 is 0 Å². The molecular formula is C24H19NO5. The van der Waals surface area contributed by atoms with Gasteiger partial charge in [0.2, 0.25) is 0 Å². The molecule has 4 rings (SSSR count). The molecule has 1 heterocycles. The third-order valence-corrected chi connectivity index (χ3v) is 5.08. The molecule has 0 saturated heterocycles. The number of hydrogen-bond acceptors (Lipinski definition) is 4. The van der Waals surface area contributed by atoms with Gasteiger partial charge in [0.15, 0.2) is 0 Å². The first-order valence-corrected chi connectivity index (χ1v) is 9.51. The van der Waals surface area contributed by atoms with Gasteiger partial charge in [0, 0.05) is 5.39 Å². The first-order valence-electron chi connectivity index (χ1n) is 9.51. The summed E-state index contributed by atoms with van der Waals surface area (Å²) in [6, 6.07) is 13.8. The monoisotopic (exact) mass is 401 g/mol. The number of fused-ring (bicyclic) bond motifs is 2. The predicted octanol–water partition coefficient (Wildman–Crippen LogP) is 4.31. The van der Waals surface area contributed by atoms with Crippen LogP contribution in [0.1, 0.15) is 38.8 Å². The molecule has 0 radical (unpaired) electrons. The first-order chi connectivity index (χ1) is 14.5. The maximum atomic E-state index is 13.4. The van der Waals surface area contributed by atoms with Crippen molar-refractivity contribution < 1.29 is 24.2 Å². The number of aliphatic carboxylic acids is 1. The maximum Gasteiger partial charge on any atom is 0.307 e. The molecule has 0 saturated carbocycles. The van der Waals surface area contributed by atoms with Gasteiger partial charge in [-0.05, 0) is 35.6 Å². The number of rotatable bonds is 6. The number of carbonyl (C=O) groups is 3. The van der Waals surface area contributed by atoms with E-state index in [2.05, 4.69) is 6.58 Å². The van der Waals surface area contributed by atoms with Crippen LogP contribution in [0.5, 0.6) is 5.75 Å². The van der Waals surface area contributed by atoms with Crippen molar-refractivity contribution in [2.24, 2.45) is 0 Å². The lowest BCUT2D eigenvalue weighted by Gasteiger charge is -2.14. The van der Waals surface area contributed by atoms with Crippen LogP contribution < -0.4 is 9.64 Å². The molecule has 1 N–H and O–H groups in total. The minimum absolute atomic E-state index is 0.136. The van der Waals surface area contributed by atoms with Crippen LogP contribution in [0.3, 0.4) is 0 Å². The largest absolute Gasteiger partial charge is 0.492 e. The fraction of sp³-hybridized carbons (Fsp3) is 0.125. The van der Waals surface area contributed by atoms with Crippen LogP contribution in [0, 0.1) is 0 Å². The number of amides is 2. The van der Waals surface area contributed by atoms with Crippen molar-refractivity contribution in [2.75, 3.05) is 11.5 Å². The number of nitrogens with zero attached hydrogens (tertiary/aromatic N) is 1. The van der Waals surface area contributed by atoms with Crippen LogP contribution in [0.2, 0.25) is 0 Å². The number of benzene rings is 3. The second kappa shape index (κ2) is 7.48. The number of hydrogen-bond donors (Lipinski definition) is 1. The second-order valence-corrected chi connectivity index (χ2v) is 6.86. The highest BCUT2D eigenvalue weighted by atomic mass is 16.5. The smallest absolute Gasteiger partial charge is 0.307 e. The van der Waals surface area contributed by atoms with Gasteiger partial charge in [-0.1, -0.05) is 49.1 Å². The molecule has 0 atom stereocenters. The Morgan fingerprint density at radius 3 is 2.27 bits per heavy atom. The average molecular weight is 401 g/mol. The van der Waals surface area contributed by atoms with Gasteiger partial charge in [0.25, 0.3) is 11.8 Å². The number of carboxylic acid groups (broad SMARTS) is 1. The highest BCUT2D eigenvalue weighted by Crippen LogP contribution is 2.42. The van der Waals surface area contributed by atoms with Crippen molar-refractivity contribution in [1.29, 1.82) is 0 Å². The summed E-state index contributed by atoms with van der Waals surface area (Å²) in [4.78, 5) is 38.7. The first kappa shape index (κ1) is 19.4. The van der Waals surface area contributed by atoms with E-state index in [4.69, 9.17) is 9.84 Å². The molecule has 0 unspecified atom stereocenters. The molecule has 1 aliphatic rings. The highest BCUT2D eigenvalue weighted by Gasteiger charge is 2.42. The lowest BCUT2D eigenvalue weighted by molar-refractivity contribution is -0.136. The lowest BCUT2D eigenvalue weighted by atomic mass is 9.94. The van der Waals surface area contributed by atoms with E-state index in [0.717, 1.165) is 15.7 Å². The Morgan fingerprint density at radius 1 is 1.03 bits per heavy atom. The van der Waals surface area contributed by atoms with Crippen molar-refractivity contribution in [1.82, 2.24) is 0 Å². The molecule has 6 nitrogen and oxygen atoms in total. The molecule has 0 spiro atoms. The molecule has 3 aromatic carbocycles. The quantitative estimate of drug-likeness (QED) is 0.622. The van der Waals surface area contributed by atoms with Crippen molar-refractivity contribution in [3.63, 3.8) is 0 Å². The maximum absolute atomic E-state index is 13.4. The van der Waals surface area contributed by atoms with Gasteiger partial charge in [0.1, 0.15) is 5.75 Å². The second-order valence-electron chi connectivity index (χ2n) is 6.86. The van der Waals surface area contributed by atoms with E-state index in [1.54, 1.807) is 30.3 Å². The van der Waals surface area contributed by atoms with E-state index < -0.39 is 17.8 Å². The Labute approximate surface area is 173 Å². The molecule has 2 amide bonds. The fourth-order valence-corrected chi connectivity index (χ4v) is 3.85. The SMILES string of the molecule is C=Cc1c2c(c(OCC)c3ccccc13)C(=O)N(c1ccc(CC(=O)O)cc1)C2=O. The number of imide groups is 1. The van der Waals surface area contributed by atoms with Crippen molar-refractivity contribution >= 4 is 40.3 Å². The molecule has 0 fully saturated rings. The zero-order valence-corrected chi connectivity index (χ0v) is 16.3. The van der Waals surface area contributed by atoms with E-state index in [0.29, 0.717) is 29.2 Å². The van der Waals surface area contributed by atoms with Gasteiger partial charge in [-0.3, -0.25) is 14.4 Å². The third-order valence-electron chi connectivity index (χ3n) is 5.08. The molecule has 30 heavy (non-hydrogen) atoms. The van der Waals surface area contributed by atoms with Gasteiger partial charge >= 0.3 is 5.97 Å². The zero-order chi connectivity index (χ0) is 21.4. The van der Waals surface area contributed by atoms with Crippen molar-refractivity contribution in [2.45, 2.75) is 13.3 Å². The van der Waals surface area contributed by atoms with Crippen LogP contribution in [0.4, 0.5) is 5.69 Å². The van der Waals surface area contributed by atoms with Crippen LogP contribution >= 0.6 is 0 Å². The zero-order valence-electron chi connectivity index (χ0n) is 16.3. The van der Waals surface area contributed by atoms with Crippen molar-refractivity contribution in [3.8, 4) is 5.75 Å². The molecule has 3 aromatic rings. The molecule has 0 aromatic heterocycles. The Hall–Kier alpha value is -3.93. The van der Waals surface area contributed by atoms with Gasteiger partial charge in [-0.2, -0.15) is 0 Å². The summed E-state index contributed by atoms with van der Waals surface area (Å²) in [5, 5.41) is 10.5. The Kier molecular flexibility index (Phi) is 4.83. The third kappa shape index (κ3) is 2.93. The summed E-state index contributed by atoms with van der Waals surface area (Å²) in [5.74, 6) is -1.50. The summed E-state index contributed by atoms with van der Waals surface area (Å²) < 4.78 is 5.83.